The summed E-state index contributed by atoms with van der Waals surface area (Å²) in [5.41, 5.74) is 17.5. The summed E-state index contributed by atoms with van der Waals surface area (Å²) in [6, 6.07) is 76.5. The van der Waals surface area contributed by atoms with Crippen molar-refractivity contribution in [3.63, 3.8) is 0 Å². The molecule has 10 aliphatic rings. The summed E-state index contributed by atoms with van der Waals surface area (Å²) in [5.74, 6) is 2.93. The zero-order valence-corrected chi connectivity index (χ0v) is 87.3. The standard InChI is InChI=1S/C30H34N2O5S.C29H32N2O5S.C28H32FN3O3S.C27H34N4O3S/c1-21-7-3-4-8-29(21)38(33,34)31-15-5-6-16-32-25(18-31)30(26(32)19-35-2)23-11-9-22(10-12-23)24-13-14-27-28(17-24)37-20-36-27;1-20-6-2-3-7-28(20)37(33,34)30-14-4-5-15-31-24(17-30)29(25(31)18-32)22-10-8-21(9-11-22)23-12-13-26-27(16-23)36-19-35-26;1-19-7-3-4-8-26(19)36(34,35)31-13-5-6-14-32-24(17-31)27(25(32)18-33)22-11-9-21(10-12-22)23-15-20(2)28(29)30-16-23;1-19-8-4-5-9-26(19)35(33,34)30-14-6-7-15-31-24(17-30)27(25(31)18-32)22-12-10-21(11-13-22)23-16-28-29(3)20(23)2/h3-4,7-14,17,25-26,30H,5-6,15-16,18-20H2,1-2H3;2-3,6-13,16,24-25,29,32H,4-5,14-15,17-19H2,1H3;3-4,7-12,15-16,24-25,27,33H,5-6,13-14,17-18H2,1-2H3;4-5,8-13,16,24-25,27,32H,6-7,14-15,17-18H2,1-3H3/t25?,26-,30+;24?,25-,29+;2*24?,25-,27+/m1111/s1. The maximum Gasteiger partial charge on any atom is 0.243 e. The Bertz CT molecular complexity index is 7140. The van der Waals surface area contributed by atoms with Crippen LogP contribution in [0.4, 0.5) is 4.39 Å². The topological polar surface area (TPSA) is 300 Å². The van der Waals surface area contributed by atoms with E-state index in [-0.39, 0.29) is 105 Å². The summed E-state index contributed by atoms with van der Waals surface area (Å²) in [6.07, 6.45) is 10.3. The molecule has 10 aliphatic heterocycles. The van der Waals surface area contributed by atoms with Crippen LogP contribution in [0.3, 0.4) is 0 Å². The zero-order chi connectivity index (χ0) is 102. The number of halogens is 1. The molecule has 10 aromatic carbocycles. The third-order valence-corrected chi connectivity index (χ3v) is 39.9. The minimum Gasteiger partial charge on any atom is -0.454 e. The van der Waals surface area contributed by atoms with Crippen molar-refractivity contribution in [1.82, 2.24) is 51.6 Å². The molecule has 27 nitrogen and oxygen atoms in total. The van der Waals surface area contributed by atoms with Crippen LogP contribution in [0.5, 0.6) is 23.0 Å². The van der Waals surface area contributed by atoms with E-state index in [1.165, 1.54) is 11.8 Å². The van der Waals surface area contributed by atoms with Gasteiger partial charge in [0, 0.05) is 167 Å². The number of aliphatic hydroxyl groups excluding tert-OH is 3. The third kappa shape index (κ3) is 20.8. The molecule has 12 atom stereocenters. The Kier molecular flexibility index (Phi) is 31.5. The average molecular weight is 2060 g/mol. The largest absolute Gasteiger partial charge is 0.454 e. The van der Waals surface area contributed by atoms with Crippen molar-refractivity contribution in [2.45, 2.75) is 184 Å². The molecule has 2 aromatic heterocycles. The van der Waals surface area contributed by atoms with E-state index in [4.69, 9.17) is 23.7 Å². The molecule has 770 valence electrons. The molecule has 0 bridgehead atoms. The third-order valence-electron chi connectivity index (χ3n) is 31.8. The predicted octanol–water partition coefficient (Wildman–Crippen LogP) is 16.1. The lowest BCUT2D eigenvalue weighted by Crippen LogP contribution is -2.68. The summed E-state index contributed by atoms with van der Waals surface area (Å²) in [7, 11) is -10.7. The molecule has 3 N–H and O–H groups in total. The van der Waals surface area contributed by atoms with Gasteiger partial charge in [0.1, 0.15) is 0 Å². The average Bonchev–Trinajstić information content (AvgIpc) is 0.893. The Morgan fingerprint density at radius 2 is 0.623 bits per heavy atom. The van der Waals surface area contributed by atoms with Gasteiger partial charge in [-0.15, -0.1) is 0 Å². The molecule has 8 saturated heterocycles. The molecule has 4 unspecified atom stereocenters. The molecule has 12 aromatic rings. The first-order valence-corrected chi connectivity index (χ1v) is 56.7. The summed E-state index contributed by atoms with van der Waals surface area (Å²) in [4.78, 5) is 14.7. The van der Waals surface area contributed by atoms with Crippen LogP contribution in [0.1, 0.15) is 131 Å². The van der Waals surface area contributed by atoms with E-state index in [0.29, 0.717) is 84.1 Å². The second kappa shape index (κ2) is 44.4. The fourth-order valence-electron chi connectivity index (χ4n) is 23.8. The molecule has 0 radical (unpaired) electrons. The van der Waals surface area contributed by atoms with Crippen molar-refractivity contribution in [2.24, 2.45) is 7.05 Å². The van der Waals surface area contributed by atoms with Crippen LogP contribution in [0.2, 0.25) is 0 Å². The molecule has 0 spiro atoms. The number of methoxy groups -OCH3 is 1. The Balaban J connectivity index is 0.000000123. The van der Waals surface area contributed by atoms with Crippen molar-refractivity contribution < 1.29 is 77.1 Å². The van der Waals surface area contributed by atoms with Crippen LogP contribution in [0.25, 0.3) is 44.5 Å². The van der Waals surface area contributed by atoms with E-state index in [0.717, 1.165) is 190 Å². The highest BCUT2D eigenvalue weighted by molar-refractivity contribution is 7.90. The lowest BCUT2D eigenvalue weighted by molar-refractivity contribution is -0.0635. The number of hydrogen-bond acceptors (Lipinski definition) is 22. The molecule has 8 fully saturated rings. The quantitative estimate of drug-likeness (QED) is 0.0563. The van der Waals surface area contributed by atoms with Crippen LogP contribution >= 0.6 is 0 Å². The van der Waals surface area contributed by atoms with Gasteiger partial charge < -0.3 is 39.0 Å². The van der Waals surface area contributed by atoms with Gasteiger partial charge in [-0.05, 0) is 252 Å². The number of aromatic nitrogens is 3. The molecule has 32 heteroatoms. The fraction of sp³-hybridized carbons (Fsp3) is 0.404. The van der Waals surface area contributed by atoms with Gasteiger partial charge in [0.05, 0.1) is 52.2 Å². The zero-order valence-electron chi connectivity index (χ0n) is 84.1. The van der Waals surface area contributed by atoms with Gasteiger partial charge >= 0.3 is 0 Å². The van der Waals surface area contributed by atoms with Gasteiger partial charge in [0.15, 0.2) is 23.0 Å². The highest BCUT2D eigenvalue weighted by Gasteiger charge is 2.55. The van der Waals surface area contributed by atoms with Gasteiger partial charge in [0.2, 0.25) is 59.6 Å². The van der Waals surface area contributed by atoms with Gasteiger partial charge in [-0.25, -0.2) is 38.7 Å². The smallest absolute Gasteiger partial charge is 0.243 e. The number of fused-ring (bicyclic) bond motifs is 6. The minimum absolute atomic E-state index is 0.00657. The maximum absolute atomic E-state index is 13.7. The van der Waals surface area contributed by atoms with Gasteiger partial charge in [-0.1, -0.05) is 182 Å². The highest BCUT2D eigenvalue weighted by atomic mass is 32.2. The molecule has 0 saturated carbocycles. The Hall–Kier alpha value is -11.0. The van der Waals surface area contributed by atoms with Crippen LogP contribution in [0.15, 0.2) is 269 Å². The molecule has 22 rings (SSSR count). The molecule has 12 heterocycles. The number of pyridine rings is 1. The number of hydrogen-bond donors (Lipinski definition) is 3. The first-order valence-electron chi connectivity index (χ1n) is 51.0. The first kappa shape index (κ1) is 104. The number of benzene rings is 10. The number of aryl methyl sites for hydroxylation is 6. The van der Waals surface area contributed by atoms with Crippen molar-refractivity contribution in [3.8, 4) is 67.5 Å². The number of ether oxygens (including phenoxy) is 5. The molecular formula is C114H132FN11O16S4. The molecule has 0 amide bonds. The summed E-state index contributed by atoms with van der Waals surface area (Å²) < 4.78 is 159. The van der Waals surface area contributed by atoms with Gasteiger partial charge in [-0.2, -0.15) is 26.7 Å². The van der Waals surface area contributed by atoms with Crippen LogP contribution in [0, 0.1) is 47.5 Å². The maximum atomic E-state index is 13.7. The van der Waals surface area contributed by atoms with Gasteiger partial charge in [0.25, 0.3) is 0 Å². The predicted molar refractivity (Wildman–Crippen MR) is 562 cm³/mol. The Morgan fingerprint density at radius 3 is 0.925 bits per heavy atom. The van der Waals surface area contributed by atoms with Crippen LogP contribution < -0.4 is 18.9 Å². The summed E-state index contributed by atoms with van der Waals surface area (Å²) >= 11 is 0. The molecule has 0 aliphatic carbocycles. The van der Waals surface area contributed by atoms with E-state index in [1.54, 1.807) is 85.9 Å². The normalized spacial score (nSPS) is 23.8. The van der Waals surface area contributed by atoms with Crippen molar-refractivity contribution in [1.29, 1.82) is 0 Å². The van der Waals surface area contributed by atoms with E-state index in [9.17, 15) is 53.4 Å². The van der Waals surface area contributed by atoms with Crippen LogP contribution in [-0.2, 0) is 51.9 Å². The molecular weight excluding hydrogens is 1930 g/mol. The number of aliphatic hydroxyl groups is 3. The molecule has 146 heavy (non-hydrogen) atoms. The van der Waals surface area contributed by atoms with Gasteiger partial charge in [-0.3, -0.25) is 24.3 Å². The second-order valence-corrected chi connectivity index (χ2v) is 47.8. The number of rotatable bonds is 21. The van der Waals surface area contributed by atoms with E-state index >= 15 is 0 Å². The summed E-state index contributed by atoms with van der Waals surface area (Å²) in [6.45, 7) is 19.8. The fourth-order valence-corrected chi connectivity index (χ4v) is 30.7. The van der Waals surface area contributed by atoms with Crippen molar-refractivity contribution in [3.05, 3.63) is 311 Å². The SMILES string of the molecule is COC[C@@H]1[C@@H](c2ccc(-c3ccc4c(c3)OCO4)cc2)C2CN(S(=O)(=O)c3ccccc3C)CCCCN21.Cc1ccccc1S(=O)(=O)N1CCCCN2C(C1)[C@H](c1ccc(-c3ccc4c(c3)OCO4)cc1)[C@H]2CO.Cc1ccccc1S(=O)(=O)N1CCCCN2C(C1)[C@H](c1ccc(-c3cnc(F)c(C)c3)cc1)[C@H]2CO.Cc1ccccc1S(=O)(=O)N1CCCCN2C(C1)[C@H](c1ccc(-c3cnn(C)c3C)cc1)[C@H]2CO. The minimum atomic E-state index is -3.63. The summed E-state index contributed by atoms with van der Waals surface area (Å²) in [5, 5.41) is 35.1. The lowest BCUT2D eigenvalue weighted by Gasteiger charge is -2.57. The Morgan fingerprint density at radius 1 is 0.336 bits per heavy atom. The monoisotopic (exact) mass is 2060 g/mol. The number of nitrogens with zero attached hydrogens (tertiary/aromatic N) is 11. The highest BCUT2D eigenvalue weighted by Crippen LogP contribution is 2.50. The van der Waals surface area contributed by atoms with Crippen LogP contribution in [-0.4, -0.2) is 275 Å². The number of sulfonamides is 4. The Labute approximate surface area is 858 Å². The van der Waals surface area contributed by atoms with E-state index in [1.807, 2.05) is 155 Å². The van der Waals surface area contributed by atoms with E-state index in [2.05, 4.69) is 109 Å². The van der Waals surface area contributed by atoms with Crippen molar-refractivity contribution in [2.75, 3.05) is 126 Å². The van der Waals surface area contributed by atoms with Crippen molar-refractivity contribution >= 4 is 40.1 Å². The second-order valence-electron chi connectivity index (χ2n) is 40.2. The van der Waals surface area contributed by atoms with E-state index < -0.39 is 46.0 Å². The lowest BCUT2D eigenvalue weighted by atomic mass is 9.74. The first-order chi connectivity index (χ1) is 70.6.